The van der Waals surface area contributed by atoms with Crippen molar-refractivity contribution in [2.75, 3.05) is 6.54 Å². The van der Waals surface area contributed by atoms with Crippen LogP contribution in [0.15, 0.2) is 59.1 Å². The van der Waals surface area contributed by atoms with Gasteiger partial charge in [0.1, 0.15) is 5.75 Å². The van der Waals surface area contributed by atoms with Gasteiger partial charge >= 0.3 is 6.09 Å². The Labute approximate surface area is 139 Å². The van der Waals surface area contributed by atoms with Crippen LogP contribution in [0.4, 0.5) is 4.79 Å². The number of para-hydroxylation sites is 1. The molecule has 3 aromatic rings. The molecule has 6 nitrogen and oxygen atoms in total. The summed E-state index contributed by atoms with van der Waals surface area (Å²) in [6, 6.07) is 16.8. The van der Waals surface area contributed by atoms with Crippen molar-refractivity contribution in [2.24, 2.45) is 0 Å². The van der Waals surface area contributed by atoms with Crippen LogP contribution in [0.5, 0.6) is 5.75 Å². The molecule has 0 radical (unpaired) electrons. The molecule has 3 rings (SSSR count). The van der Waals surface area contributed by atoms with Crippen molar-refractivity contribution >= 4 is 6.09 Å². The SMILES string of the molecule is Cc1ccc(-c2noc(CCNC(=O)Oc3ccccc3)n2)cc1. The monoisotopic (exact) mass is 323 g/mol. The molecule has 2 aromatic carbocycles. The summed E-state index contributed by atoms with van der Waals surface area (Å²) in [6.45, 7) is 2.37. The second-order valence-corrected chi connectivity index (χ2v) is 5.26. The number of hydrogen-bond donors (Lipinski definition) is 1. The number of nitrogens with one attached hydrogen (secondary N) is 1. The number of aromatic nitrogens is 2. The molecule has 0 atom stereocenters. The second kappa shape index (κ2) is 7.41. The van der Waals surface area contributed by atoms with E-state index in [1.807, 2.05) is 37.3 Å². The first-order chi connectivity index (χ1) is 11.7. The van der Waals surface area contributed by atoms with E-state index < -0.39 is 6.09 Å². The van der Waals surface area contributed by atoms with Crippen molar-refractivity contribution < 1.29 is 14.1 Å². The normalized spacial score (nSPS) is 10.4. The fraction of sp³-hybridized carbons (Fsp3) is 0.167. The lowest BCUT2D eigenvalue weighted by atomic mass is 10.1. The molecule has 1 heterocycles. The topological polar surface area (TPSA) is 77.2 Å². The molecule has 6 heteroatoms. The van der Waals surface area contributed by atoms with Gasteiger partial charge in [-0.1, -0.05) is 53.2 Å². The van der Waals surface area contributed by atoms with E-state index in [1.54, 1.807) is 24.3 Å². The summed E-state index contributed by atoms with van der Waals surface area (Å²) >= 11 is 0. The lowest BCUT2D eigenvalue weighted by Crippen LogP contribution is -2.28. The number of hydrogen-bond acceptors (Lipinski definition) is 5. The number of benzene rings is 2. The molecule has 0 saturated heterocycles. The molecule has 0 aliphatic rings. The maximum absolute atomic E-state index is 11.7. The van der Waals surface area contributed by atoms with Gasteiger partial charge in [0.15, 0.2) is 0 Å². The number of carbonyl (C=O) groups excluding carboxylic acids is 1. The Morgan fingerprint density at radius 2 is 1.88 bits per heavy atom. The van der Waals surface area contributed by atoms with Crippen molar-refractivity contribution in [1.29, 1.82) is 0 Å². The van der Waals surface area contributed by atoms with E-state index in [-0.39, 0.29) is 0 Å². The Balaban J connectivity index is 1.49. The molecule has 24 heavy (non-hydrogen) atoms. The van der Waals surface area contributed by atoms with Crippen LogP contribution < -0.4 is 10.1 Å². The van der Waals surface area contributed by atoms with Crippen molar-refractivity contribution in [1.82, 2.24) is 15.5 Å². The zero-order chi connectivity index (χ0) is 16.8. The molecule has 0 aliphatic carbocycles. The van der Waals surface area contributed by atoms with Crippen LogP contribution in [0.1, 0.15) is 11.5 Å². The summed E-state index contributed by atoms with van der Waals surface area (Å²) in [5, 5.41) is 6.60. The summed E-state index contributed by atoms with van der Waals surface area (Å²) in [7, 11) is 0. The van der Waals surface area contributed by atoms with Crippen molar-refractivity contribution in [2.45, 2.75) is 13.3 Å². The average molecular weight is 323 g/mol. The predicted molar refractivity (Wildman–Crippen MR) is 88.6 cm³/mol. The number of rotatable bonds is 5. The third kappa shape index (κ3) is 4.19. The third-order valence-electron chi connectivity index (χ3n) is 3.34. The molecule has 1 amide bonds. The molecule has 0 unspecified atom stereocenters. The van der Waals surface area contributed by atoms with Gasteiger partial charge in [-0.15, -0.1) is 0 Å². The Bertz CT molecular complexity index is 798. The first-order valence-corrected chi connectivity index (χ1v) is 7.61. The highest BCUT2D eigenvalue weighted by atomic mass is 16.6. The maximum Gasteiger partial charge on any atom is 0.412 e. The quantitative estimate of drug-likeness (QED) is 0.779. The van der Waals surface area contributed by atoms with Crippen LogP contribution in [-0.2, 0) is 6.42 Å². The second-order valence-electron chi connectivity index (χ2n) is 5.26. The van der Waals surface area contributed by atoms with Gasteiger partial charge in [0.2, 0.25) is 11.7 Å². The van der Waals surface area contributed by atoms with Gasteiger partial charge in [-0.05, 0) is 19.1 Å². The lowest BCUT2D eigenvalue weighted by Gasteiger charge is -2.04. The van der Waals surface area contributed by atoms with E-state index in [9.17, 15) is 4.79 Å². The van der Waals surface area contributed by atoms with E-state index in [2.05, 4.69) is 15.5 Å². The number of ether oxygens (including phenoxy) is 1. The number of carbonyl (C=O) groups is 1. The highest BCUT2D eigenvalue weighted by Gasteiger charge is 2.09. The van der Waals surface area contributed by atoms with Crippen molar-refractivity contribution in [3.63, 3.8) is 0 Å². The van der Waals surface area contributed by atoms with Gasteiger partial charge in [-0.2, -0.15) is 4.98 Å². The van der Waals surface area contributed by atoms with Gasteiger partial charge < -0.3 is 14.6 Å². The first kappa shape index (κ1) is 15.7. The first-order valence-electron chi connectivity index (χ1n) is 7.61. The van der Waals surface area contributed by atoms with Crippen molar-refractivity contribution in [3.05, 3.63) is 66.1 Å². The van der Waals surface area contributed by atoms with E-state index in [0.717, 1.165) is 5.56 Å². The van der Waals surface area contributed by atoms with Crippen LogP contribution in [0, 0.1) is 6.92 Å². The summed E-state index contributed by atoms with van der Waals surface area (Å²) in [6.07, 6.45) is -0.0811. The number of aryl methyl sites for hydroxylation is 1. The van der Waals surface area contributed by atoms with Crippen LogP contribution in [0.2, 0.25) is 0 Å². The fourth-order valence-electron chi connectivity index (χ4n) is 2.08. The predicted octanol–water partition coefficient (Wildman–Crippen LogP) is 3.38. The molecule has 0 bridgehead atoms. The molecule has 0 fully saturated rings. The van der Waals surface area contributed by atoms with Crippen molar-refractivity contribution in [3.8, 4) is 17.1 Å². The summed E-state index contributed by atoms with van der Waals surface area (Å²) in [5.74, 6) is 1.50. The molecule has 122 valence electrons. The van der Waals surface area contributed by atoms with E-state index in [0.29, 0.717) is 30.4 Å². The minimum atomic E-state index is -0.514. The lowest BCUT2D eigenvalue weighted by molar-refractivity contribution is 0.200. The van der Waals surface area contributed by atoms with Gasteiger partial charge in [0.25, 0.3) is 0 Å². The molecular formula is C18H17N3O3. The van der Waals surface area contributed by atoms with Crippen LogP contribution in [0.25, 0.3) is 11.4 Å². The van der Waals surface area contributed by atoms with Gasteiger partial charge in [0, 0.05) is 18.5 Å². The van der Waals surface area contributed by atoms with E-state index in [4.69, 9.17) is 9.26 Å². The zero-order valence-corrected chi connectivity index (χ0v) is 13.2. The average Bonchev–Trinajstić information content (AvgIpc) is 3.05. The summed E-state index contributed by atoms with van der Waals surface area (Å²) < 4.78 is 10.3. The standard InChI is InChI=1S/C18H17N3O3/c1-13-7-9-14(10-8-13)17-20-16(24-21-17)11-12-19-18(22)23-15-5-3-2-4-6-15/h2-10H,11-12H2,1H3,(H,19,22). The highest BCUT2D eigenvalue weighted by molar-refractivity contribution is 5.70. The zero-order valence-electron chi connectivity index (χ0n) is 13.2. The highest BCUT2D eigenvalue weighted by Crippen LogP contribution is 2.16. The maximum atomic E-state index is 11.7. The van der Waals surface area contributed by atoms with Crippen LogP contribution in [0.3, 0.4) is 0 Å². The Hall–Kier alpha value is -3.15. The van der Waals surface area contributed by atoms with E-state index >= 15 is 0 Å². The van der Waals surface area contributed by atoms with Crippen LogP contribution in [-0.4, -0.2) is 22.8 Å². The molecule has 0 saturated carbocycles. The number of nitrogens with zero attached hydrogens (tertiary/aromatic N) is 2. The molecule has 0 aliphatic heterocycles. The summed E-state index contributed by atoms with van der Waals surface area (Å²) in [5.41, 5.74) is 2.07. The minimum Gasteiger partial charge on any atom is -0.410 e. The van der Waals surface area contributed by atoms with Gasteiger partial charge in [-0.3, -0.25) is 0 Å². The molecular weight excluding hydrogens is 306 g/mol. The molecule has 0 spiro atoms. The largest absolute Gasteiger partial charge is 0.412 e. The van der Waals surface area contributed by atoms with Crippen LogP contribution >= 0.6 is 0 Å². The Kier molecular flexibility index (Phi) is 4.86. The summed E-state index contributed by atoms with van der Waals surface area (Å²) in [4.78, 5) is 16.0. The van der Waals surface area contributed by atoms with Gasteiger partial charge in [0.05, 0.1) is 0 Å². The fourth-order valence-corrected chi connectivity index (χ4v) is 2.08. The molecule has 1 N–H and O–H groups in total. The molecule has 1 aromatic heterocycles. The Morgan fingerprint density at radius 3 is 2.62 bits per heavy atom. The van der Waals surface area contributed by atoms with E-state index in [1.165, 1.54) is 5.56 Å². The smallest absolute Gasteiger partial charge is 0.410 e. The third-order valence-corrected chi connectivity index (χ3v) is 3.34. The number of amides is 1. The minimum absolute atomic E-state index is 0.348. The van der Waals surface area contributed by atoms with Gasteiger partial charge in [-0.25, -0.2) is 4.79 Å². The Morgan fingerprint density at radius 1 is 1.12 bits per heavy atom.